The van der Waals surface area contributed by atoms with Crippen molar-refractivity contribution in [3.05, 3.63) is 33.4 Å². The first-order valence-corrected chi connectivity index (χ1v) is 9.95. The molecule has 12 heteroatoms. The van der Waals surface area contributed by atoms with E-state index in [1.54, 1.807) is 13.8 Å². The van der Waals surface area contributed by atoms with Gasteiger partial charge in [0.1, 0.15) is 11.8 Å². The van der Waals surface area contributed by atoms with Crippen LogP contribution in [0.3, 0.4) is 0 Å². The molecule has 1 aliphatic heterocycles. The summed E-state index contributed by atoms with van der Waals surface area (Å²) in [6.45, 7) is 3.46. The number of amides is 1. The van der Waals surface area contributed by atoms with Gasteiger partial charge >= 0.3 is 12.1 Å². The molecule has 0 aliphatic carbocycles. The fourth-order valence-electron chi connectivity index (χ4n) is 3.22. The minimum absolute atomic E-state index is 0.0388. The fraction of sp³-hybridized carbons (Fsp3) is 0.450. The zero-order valence-corrected chi connectivity index (χ0v) is 18.4. The van der Waals surface area contributed by atoms with Crippen LogP contribution >= 0.6 is 11.6 Å². The molecule has 32 heavy (non-hydrogen) atoms. The SMILES string of the molecule is COC(=O)[C@H](CCCNC(=N)N)NC(=O)C1=Cc2c(cc(C)c(Cl)c2C)O[C@@H]1C(F)(F)F. The van der Waals surface area contributed by atoms with Crippen LogP contribution < -0.4 is 21.1 Å². The summed E-state index contributed by atoms with van der Waals surface area (Å²) in [6, 6.07) is 0.175. The van der Waals surface area contributed by atoms with E-state index in [1.807, 2.05) is 0 Å². The normalized spacial score (nSPS) is 16.2. The fourth-order valence-corrected chi connectivity index (χ4v) is 3.38. The molecule has 1 heterocycles. The lowest BCUT2D eigenvalue weighted by atomic mass is 9.95. The van der Waals surface area contributed by atoms with Gasteiger partial charge in [-0.15, -0.1) is 0 Å². The third kappa shape index (κ3) is 5.84. The number of nitrogens with two attached hydrogens (primary N) is 1. The van der Waals surface area contributed by atoms with Crippen molar-refractivity contribution < 1.29 is 32.2 Å². The first kappa shape index (κ1) is 25.3. The summed E-state index contributed by atoms with van der Waals surface area (Å²) in [5.74, 6) is -2.26. The topological polar surface area (TPSA) is 127 Å². The second kappa shape index (κ2) is 10.1. The number of carbonyl (C=O) groups is 2. The molecule has 1 aliphatic rings. The van der Waals surface area contributed by atoms with E-state index < -0.39 is 35.8 Å². The number of esters is 1. The first-order chi connectivity index (χ1) is 14.9. The van der Waals surface area contributed by atoms with Gasteiger partial charge in [-0.25, -0.2) is 4.79 Å². The van der Waals surface area contributed by atoms with Crippen molar-refractivity contribution in [3.63, 3.8) is 0 Å². The monoisotopic (exact) mass is 476 g/mol. The van der Waals surface area contributed by atoms with Gasteiger partial charge in [0.05, 0.1) is 12.7 Å². The summed E-state index contributed by atoms with van der Waals surface area (Å²) in [5, 5.41) is 12.3. The Balaban J connectivity index is 2.35. The molecule has 1 amide bonds. The lowest BCUT2D eigenvalue weighted by molar-refractivity contribution is -0.185. The second-order valence-corrected chi connectivity index (χ2v) is 7.59. The number of nitrogens with one attached hydrogen (secondary N) is 3. The van der Waals surface area contributed by atoms with Gasteiger partial charge < -0.3 is 25.8 Å². The van der Waals surface area contributed by atoms with Crippen LogP contribution in [0.4, 0.5) is 13.2 Å². The average Bonchev–Trinajstić information content (AvgIpc) is 2.71. The number of carbonyl (C=O) groups excluding carboxylic acids is 2. The highest BCUT2D eigenvalue weighted by molar-refractivity contribution is 6.32. The summed E-state index contributed by atoms with van der Waals surface area (Å²) >= 11 is 6.21. The Hall–Kier alpha value is -2.95. The zero-order chi connectivity index (χ0) is 24.2. The van der Waals surface area contributed by atoms with Gasteiger partial charge in [0.2, 0.25) is 6.10 Å². The predicted molar refractivity (Wildman–Crippen MR) is 112 cm³/mol. The molecule has 1 aromatic carbocycles. The number of aryl methyl sites for hydroxylation is 1. The Morgan fingerprint density at radius 1 is 1.38 bits per heavy atom. The van der Waals surface area contributed by atoms with E-state index in [-0.39, 0.29) is 36.7 Å². The van der Waals surface area contributed by atoms with Crippen molar-refractivity contribution in [1.29, 1.82) is 5.41 Å². The van der Waals surface area contributed by atoms with E-state index >= 15 is 0 Å². The van der Waals surface area contributed by atoms with Gasteiger partial charge in [-0.3, -0.25) is 10.2 Å². The van der Waals surface area contributed by atoms with Crippen molar-refractivity contribution in [1.82, 2.24) is 10.6 Å². The van der Waals surface area contributed by atoms with E-state index in [9.17, 15) is 22.8 Å². The van der Waals surface area contributed by atoms with Gasteiger partial charge in [0.25, 0.3) is 5.91 Å². The number of alkyl halides is 3. The highest BCUT2D eigenvalue weighted by Crippen LogP contribution is 2.41. The molecule has 0 spiro atoms. The molecule has 0 unspecified atom stereocenters. The molecule has 176 valence electrons. The summed E-state index contributed by atoms with van der Waals surface area (Å²) in [5.41, 5.74) is 5.73. The molecule has 0 saturated carbocycles. The van der Waals surface area contributed by atoms with Crippen molar-refractivity contribution in [3.8, 4) is 5.75 Å². The lowest BCUT2D eigenvalue weighted by Crippen LogP contribution is -2.48. The number of methoxy groups -OCH3 is 1. The highest BCUT2D eigenvalue weighted by atomic mass is 35.5. The molecule has 0 bridgehead atoms. The highest BCUT2D eigenvalue weighted by Gasteiger charge is 2.49. The van der Waals surface area contributed by atoms with E-state index in [4.69, 9.17) is 27.5 Å². The summed E-state index contributed by atoms with van der Waals surface area (Å²) < 4.78 is 50.9. The predicted octanol–water partition coefficient (Wildman–Crippen LogP) is 2.58. The number of hydrogen-bond acceptors (Lipinski definition) is 5. The quantitative estimate of drug-likeness (QED) is 0.207. The smallest absolute Gasteiger partial charge is 0.429 e. The van der Waals surface area contributed by atoms with Crippen LogP contribution in [0, 0.1) is 19.3 Å². The number of hydrogen-bond donors (Lipinski definition) is 4. The third-order valence-electron chi connectivity index (χ3n) is 4.86. The van der Waals surface area contributed by atoms with Crippen LogP contribution in [0.25, 0.3) is 6.08 Å². The van der Waals surface area contributed by atoms with Crippen LogP contribution in [-0.2, 0) is 14.3 Å². The van der Waals surface area contributed by atoms with Gasteiger partial charge in [-0.1, -0.05) is 11.6 Å². The van der Waals surface area contributed by atoms with E-state index in [0.717, 1.165) is 13.2 Å². The second-order valence-electron chi connectivity index (χ2n) is 7.22. The average molecular weight is 477 g/mol. The van der Waals surface area contributed by atoms with Gasteiger partial charge in [-0.2, -0.15) is 13.2 Å². The van der Waals surface area contributed by atoms with Crippen molar-refractivity contribution >= 4 is 35.5 Å². The molecule has 8 nitrogen and oxygen atoms in total. The number of benzene rings is 1. The molecule has 2 atom stereocenters. The van der Waals surface area contributed by atoms with Crippen LogP contribution in [0.5, 0.6) is 5.75 Å². The Morgan fingerprint density at radius 3 is 2.59 bits per heavy atom. The molecule has 0 radical (unpaired) electrons. The molecular weight excluding hydrogens is 453 g/mol. The summed E-state index contributed by atoms with van der Waals surface area (Å²) in [7, 11) is 1.10. The minimum atomic E-state index is -4.88. The van der Waals surface area contributed by atoms with Gasteiger partial charge in [0, 0.05) is 17.1 Å². The van der Waals surface area contributed by atoms with Crippen molar-refractivity contribution in [2.24, 2.45) is 5.73 Å². The largest absolute Gasteiger partial charge is 0.475 e. The molecule has 2 rings (SSSR count). The number of halogens is 4. The molecule has 1 aromatic rings. The van der Waals surface area contributed by atoms with Gasteiger partial charge in [0.15, 0.2) is 5.96 Å². The first-order valence-electron chi connectivity index (χ1n) is 9.58. The Labute approximate surface area is 187 Å². The minimum Gasteiger partial charge on any atom is -0.475 e. The molecule has 0 aromatic heterocycles. The Kier molecular flexibility index (Phi) is 8.00. The van der Waals surface area contributed by atoms with Gasteiger partial charge in [-0.05, 0) is 50.0 Å². The number of guanidine groups is 1. The Bertz CT molecular complexity index is 950. The third-order valence-corrected chi connectivity index (χ3v) is 5.44. The Morgan fingerprint density at radius 2 is 2.03 bits per heavy atom. The molecular formula is C20H24ClF3N4O4. The summed E-state index contributed by atoms with van der Waals surface area (Å²) in [4.78, 5) is 24.9. The zero-order valence-electron chi connectivity index (χ0n) is 17.7. The van der Waals surface area contributed by atoms with Crippen LogP contribution in [0.2, 0.25) is 5.02 Å². The van der Waals surface area contributed by atoms with Crippen molar-refractivity contribution in [2.45, 2.75) is 45.0 Å². The maximum atomic E-state index is 13.7. The molecule has 0 fully saturated rings. The number of rotatable bonds is 7. The van der Waals surface area contributed by atoms with Crippen LogP contribution in [0.15, 0.2) is 11.6 Å². The standard InChI is InChI=1S/C20H24ClF3N4O4/c1-9-7-14-11(10(2)15(9)21)8-12(16(32-14)20(22,23)24)17(29)28-13(18(30)31-3)5-4-6-27-19(25)26/h7-8,13,16H,4-6H2,1-3H3,(H,28,29)(H4,25,26,27)/t13-,16-/m0/s1. The summed E-state index contributed by atoms with van der Waals surface area (Å²) in [6.07, 6.45) is -5.99. The molecule has 5 N–H and O–H groups in total. The maximum Gasteiger partial charge on any atom is 0.429 e. The van der Waals surface area contributed by atoms with E-state index in [0.29, 0.717) is 16.1 Å². The van der Waals surface area contributed by atoms with E-state index in [2.05, 4.69) is 15.4 Å². The number of fused-ring (bicyclic) bond motifs is 1. The van der Waals surface area contributed by atoms with Crippen LogP contribution in [-0.4, -0.2) is 49.8 Å². The lowest BCUT2D eigenvalue weighted by Gasteiger charge is -2.30. The molecule has 0 saturated heterocycles. The number of ether oxygens (including phenoxy) is 2. The van der Waals surface area contributed by atoms with Crippen molar-refractivity contribution in [2.75, 3.05) is 13.7 Å². The van der Waals surface area contributed by atoms with Crippen LogP contribution in [0.1, 0.15) is 29.5 Å². The maximum absolute atomic E-state index is 13.7. The van der Waals surface area contributed by atoms with E-state index in [1.165, 1.54) is 6.07 Å².